The van der Waals surface area contributed by atoms with Gasteiger partial charge in [0.1, 0.15) is 6.17 Å². The number of carbonyl (C=O) groups excluding carboxylic acids is 2. The molecule has 1 aliphatic rings. The summed E-state index contributed by atoms with van der Waals surface area (Å²) in [7, 11) is 3.09. The van der Waals surface area contributed by atoms with Crippen LogP contribution in [0, 0.1) is 5.41 Å². The van der Waals surface area contributed by atoms with E-state index in [-0.39, 0.29) is 23.6 Å². The largest absolute Gasteiger partial charge is 0.453 e. The molecule has 0 aliphatic carbocycles. The van der Waals surface area contributed by atoms with Crippen LogP contribution in [0.3, 0.4) is 0 Å². The van der Waals surface area contributed by atoms with E-state index in [0.29, 0.717) is 13.0 Å². The van der Waals surface area contributed by atoms with Gasteiger partial charge in [-0.1, -0.05) is 20.8 Å². The predicted octanol–water partition coefficient (Wildman–Crippen LogP) is 1.29. The van der Waals surface area contributed by atoms with Gasteiger partial charge in [0.2, 0.25) is 5.91 Å². The van der Waals surface area contributed by atoms with E-state index in [1.54, 1.807) is 16.8 Å². The van der Waals surface area contributed by atoms with Crippen molar-refractivity contribution in [2.45, 2.75) is 33.4 Å². The Morgan fingerprint density at radius 3 is 2.44 bits per heavy atom. The van der Waals surface area contributed by atoms with E-state index in [2.05, 4.69) is 0 Å². The third-order valence-electron chi connectivity index (χ3n) is 2.81. The van der Waals surface area contributed by atoms with Crippen molar-refractivity contribution in [2.75, 3.05) is 20.7 Å². The van der Waals surface area contributed by atoms with Crippen LogP contribution in [0.15, 0.2) is 0 Å². The van der Waals surface area contributed by atoms with Crippen molar-refractivity contribution >= 4 is 12.0 Å². The van der Waals surface area contributed by atoms with Crippen LogP contribution in [0.4, 0.5) is 4.79 Å². The second-order valence-corrected chi connectivity index (χ2v) is 5.16. The highest BCUT2D eigenvalue weighted by atomic mass is 16.5. The summed E-state index contributed by atoms with van der Waals surface area (Å²) in [5.41, 5.74) is -0.195. The molecule has 0 saturated carbocycles. The van der Waals surface area contributed by atoms with Gasteiger partial charge in [0.05, 0.1) is 7.11 Å². The lowest BCUT2D eigenvalue weighted by Gasteiger charge is -2.47. The lowest BCUT2D eigenvalue weighted by atomic mass is 9.89. The van der Waals surface area contributed by atoms with Gasteiger partial charge in [0, 0.05) is 25.4 Å². The van der Waals surface area contributed by atoms with Crippen molar-refractivity contribution in [3.05, 3.63) is 0 Å². The first-order valence-corrected chi connectivity index (χ1v) is 5.39. The third-order valence-corrected chi connectivity index (χ3v) is 2.81. The molecule has 1 heterocycles. The summed E-state index contributed by atoms with van der Waals surface area (Å²) in [5.74, 6) is 0.0695. The predicted molar refractivity (Wildman–Crippen MR) is 59.7 cm³/mol. The minimum absolute atomic E-state index is 0.0695. The molecule has 1 saturated heterocycles. The Morgan fingerprint density at radius 1 is 1.44 bits per heavy atom. The minimum atomic E-state index is -0.376. The molecule has 1 fully saturated rings. The van der Waals surface area contributed by atoms with Crippen molar-refractivity contribution in [2.24, 2.45) is 5.41 Å². The fourth-order valence-electron chi connectivity index (χ4n) is 2.22. The second kappa shape index (κ2) is 4.31. The number of amides is 2. The first-order chi connectivity index (χ1) is 7.29. The van der Waals surface area contributed by atoms with Crippen LogP contribution in [0.2, 0.25) is 0 Å². The lowest BCUT2D eigenvalue weighted by molar-refractivity contribution is -0.146. The fraction of sp³-hybridized carbons (Fsp3) is 0.818. The van der Waals surface area contributed by atoms with Crippen LogP contribution < -0.4 is 0 Å². The van der Waals surface area contributed by atoms with E-state index in [1.807, 2.05) is 20.8 Å². The summed E-state index contributed by atoms with van der Waals surface area (Å²) in [6.07, 6.45) is -0.265. The van der Waals surface area contributed by atoms with Gasteiger partial charge in [-0.25, -0.2) is 4.79 Å². The molecule has 2 amide bonds. The molecule has 0 aromatic heterocycles. The number of carbonyl (C=O) groups is 2. The molecular weight excluding hydrogens is 208 g/mol. The third kappa shape index (κ3) is 2.28. The maximum absolute atomic E-state index is 11.7. The SMILES string of the molecule is COC(=O)N1CCC(=O)N(C)[C@@H]1C(C)(C)C. The number of hydrogen-bond donors (Lipinski definition) is 0. The van der Waals surface area contributed by atoms with Crippen molar-refractivity contribution in [1.29, 1.82) is 0 Å². The summed E-state index contributed by atoms with van der Waals surface area (Å²) in [6.45, 7) is 6.44. The quantitative estimate of drug-likeness (QED) is 0.627. The highest BCUT2D eigenvalue weighted by Crippen LogP contribution is 2.30. The lowest BCUT2D eigenvalue weighted by Crippen LogP contribution is -2.61. The van der Waals surface area contributed by atoms with Crippen molar-refractivity contribution < 1.29 is 14.3 Å². The first kappa shape index (κ1) is 12.8. The number of nitrogens with zero attached hydrogens (tertiary/aromatic N) is 2. The Labute approximate surface area is 96.3 Å². The highest BCUT2D eigenvalue weighted by Gasteiger charge is 2.41. The van der Waals surface area contributed by atoms with Gasteiger partial charge in [-0.05, 0) is 0 Å². The molecule has 92 valence electrons. The second-order valence-electron chi connectivity index (χ2n) is 5.16. The smallest absolute Gasteiger partial charge is 0.411 e. The molecule has 1 atom stereocenters. The topological polar surface area (TPSA) is 49.9 Å². The average molecular weight is 228 g/mol. The molecule has 0 N–H and O–H groups in total. The summed E-state index contributed by atoms with van der Waals surface area (Å²) in [5, 5.41) is 0. The summed E-state index contributed by atoms with van der Waals surface area (Å²) in [6, 6.07) is 0. The summed E-state index contributed by atoms with van der Waals surface area (Å²) in [4.78, 5) is 26.5. The van der Waals surface area contributed by atoms with Gasteiger partial charge in [0.15, 0.2) is 0 Å². The number of hydrogen-bond acceptors (Lipinski definition) is 3. The molecule has 0 unspecified atom stereocenters. The zero-order valence-corrected chi connectivity index (χ0v) is 10.6. The van der Waals surface area contributed by atoms with Gasteiger partial charge < -0.3 is 9.64 Å². The van der Waals surface area contributed by atoms with Gasteiger partial charge >= 0.3 is 6.09 Å². The monoisotopic (exact) mass is 228 g/mol. The zero-order chi connectivity index (χ0) is 12.5. The minimum Gasteiger partial charge on any atom is -0.453 e. The van der Waals surface area contributed by atoms with Gasteiger partial charge in [-0.2, -0.15) is 0 Å². The number of methoxy groups -OCH3 is 1. The summed E-state index contributed by atoms with van der Waals surface area (Å²) >= 11 is 0. The van der Waals surface area contributed by atoms with E-state index < -0.39 is 0 Å². The molecule has 0 spiro atoms. The van der Waals surface area contributed by atoms with Crippen LogP contribution in [0.25, 0.3) is 0 Å². The standard InChI is InChI=1S/C11H20N2O3/c1-11(2,3)9-12(4)8(14)6-7-13(9)10(15)16-5/h9H,6-7H2,1-5H3/t9-/m0/s1. The van der Waals surface area contributed by atoms with E-state index in [1.165, 1.54) is 7.11 Å². The van der Waals surface area contributed by atoms with Crippen LogP contribution in [0.1, 0.15) is 27.2 Å². The highest BCUT2D eigenvalue weighted by molar-refractivity contribution is 5.80. The normalized spacial score (nSPS) is 22.3. The maximum Gasteiger partial charge on any atom is 0.411 e. The van der Waals surface area contributed by atoms with Crippen molar-refractivity contribution in [3.8, 4) is 0 Å². The van der Waals surface area contributed by atoms with Crippen molar-refractivity contribution in [1.82, 2.24) is 9.80 Å². The molecule has 5 heteroatoms. The Hall–Kier alpha value is -1.26. The molecule has 5 nitrogen and oxygen atoms in total. The van der Waals surface area contributed by atoms with Gasteiger partial charge in [-0.3, -0.25) is 9.69 Å². The van der Waals surface area contributed by atoms with Crippen molar-refractivity contribution in [3.63, 3.8) is 0 Å². The molecule has 0 aromatic carbocycles. The molecule has 0 bridgehead atoms. The molecule has 1 aliphatic heterocycles. The van der Waals surface area contributed by atoms with E-state index in [0.717, 1.165) is 0 Å². The first-order valence-electron chi connectivity index (χ1n) is 5.39. The van der Waals surface area contributed by atoms with Crippen LogP contribution >= 0.6 is 0 Å². The molecule has 0 aromatic rings. The van der Waals surface area contributed by atoms with Crippen LogP contribution in [-0.4, -0.2) is 48.7 Å². The zero-order valence-electron chi connectivity index (χ0n) is 10.6. The van der Waals surface area contributed by atoms with Crippen LogP contribution in [-0.2, 0) is 9.53 Å². The van der Waals surface area contributed by atoms with Gasteiger partial charge in [-0.15, -0.1) is 0 Å². The molecule has 1 rings (SSSR count). The molecular formula is C11H20N2O3. The fourth-order valence-corrected chi connectivity index (χ4v) is 2.22. The van der Waals surface area contributed by atoms with E-state index in [4.69, 9.17) is 4.74 Å². The Balaban J connectivity index is 2.99. The number of ether oxygens (including phenoxy) is 1. The van der Waals surface area contributed by atoms with Crippen LogP contribution in [0.5, 0.6) is 0 Å². The maximum atomic E-state index is 11.7. The van der Waals surface area contributed by atoms with E-state index in [9.17, 15) is 9.59 Å². The molecule has 16 heavy (non-hydrogen) atoms. The number of rotatable bonds is 0. The molecule has 0 radical (unpaired) electrons. The summed E-state index contributed by atoms with van der Waals surface area (Å²) < 4.78 is 4.75. The Bertz CT molecular complexity index is 296. The average Bonchev–Trinajstić information content (AvgIpc) is 2.18. The van der Waals surface area contributed by atoms with E-state index >= 15 is 0 Å². The van der Waals surface area contributed by atoms with Gasteiger partial charge in [0.25, 0.3) is 0 Å². The Kier molecular flexibility index (Phi) is 3.45. The Morgan fingerprint density at radius 2 is 2.00 bits per heavy atom.